The zero-order valence-electron chi connectivity index (χ0n) is 14.4. The number of nitrogens with zero attached hydrogens (tertiary/aromatic N) is 2. The Morgan fingerprint density at radius 2 is 2.08 bits per heavy atom. The van der Waals surface area contributed by atoms with E-state index in [0.29, 0.717) is 18.9 Å². The quantitative estimate of drug-likeness (QED) is 0.727. The number of nitrogens with two attached hydrogens (primary N) is 1. The van der Waals surface area contributed by atoms with Gasteiger partial charge in [-0.3, -0.25) is 4.79 Å². The number of likely N-dealkylation sites (tertiary alicyclic amines) is 1. The molecular weight excluding hydrogens is 362 g/mol. The third-order valence-electron chi connectivity index (χ3n) is 4.76. The molecule has 1 fully saturated rings. The van der Waals surface area contributed by atoms with Gasteiger partial charge in [-0.1, -0.05) is 36.4 Å². The lowest BCUT2D eigenvalue weighted by molar-refractivity contribution is -0.129. The van der Waals surface area contributed by atoms with E-state index in [1.54, 1.807) is 22.7 Å². The van der Waals surface area contributed by atoms with E-state index in [2.05, 4.69) is 23.6 Å². The number of carbonyl (C=O) groups excluding carboxylic acids is 1. The summed E-state index contributed by atoms with van der Waals surface area (Å²) < 4.78 is 0. The van der Waals surface area contributed by atoms with Gasteiger partial charge in [-0.25, -0.2) is 4.98 Å². The summed E-state index contributed by atoms with van der Waals surface area (Å²) in [7, 11) is 0. The minimum Gasteiger partial charge on any atom is -0.342 e. The Morgan fingerprint density at radius 3 is 2.77 bits per heavy atom. The van der Waals surface area contributed by atoms with E-state index in [-0.39, 0.29) is 5.91 Å². The van der Waals surface area contributed by atoms with Crippen molar-refractivity contribution in [2.45, 2.75) is 12.8 Å². The summed E-state index contributed by atoms with van der Waals surface area (Å²) in [6, 6.07) is 14.3. The molecule has 3 heterocycles. The van der Waals surface area contributed by atoms with Gasteiger partial charge in [0.15, 0.2) is 0 Å². The van der Waals surface area contributed by atoms with Gasteiger partial charge in [-0.05, 0) is 30.3 Å². The first-order valence-corrected chi connectivity index (χ1v) is 10.5. The van der Waals surface area contributed by atoms with Gasteiger partial charge >= 0.3 is 0 Å². The second-order valence-electron chi connectivity index (χ2n) is 6.54. The molecule has 1 atom stereocenters. The molecule has 1 amide bonds. The summed E-state index contributed by atoms with van der Waals surface area (Å²) in [6.07, 6.45) is 1.42. The molecule has 1 unspecified atom stereocenters. The van der Waals surface area contributed by atoms with Crippen molar-refractivity contribution in [2.24, 2.45) is 11.7 Å². The van der Waals surface area contributed by atoms with Crippen LogP contribution in [-0.2, 0) is 11.2 Å². The van der Waals surface area contributed by atoms with Gasteiger partial charge in [0.25, 0.3) is 0 Å². The molecule has 26 heavy (non-hydrogen) atoms. The molecule has 2 N–H and O–H groups in total. The molecule has 2 aromatic heterocycles. The number of rotatable bonds is 5. The summed E-state index contributed by atoms with van der Waals surface area (Å²) >= 11 is 3.29. The Kier molecular flexibility index (Phi) is 5.15. The number of hydrogen-bond donors (Lipinski definition) is 1. The van der Waals surface area contributed by atoms with Crippen molar-refractivity contribution in [3.63, 3.8) is 0 Å². The van der Waals surface area contributed by atoms with Crippen LogP contribution in [0.3, 0.4) is 0 Å². The lowest BCUT2D eigenvalue weighted by atomic mass is 10.1. The fourth-order valence-corrected chi connectivity index (χ4v) is 5.16. The van der Waals surface area contributed by atoms with Crippen LogP contribution in [0.15, 0.2) is 47.8 Å². The fraction of sp³-hybridized carbons (Fsp3) is 0.300. The molecule has 0 saturated carbocycles. The lowest BCUT2D eigenvalue weighted by Gasteiger charge is -2.16. The second-order valence-corrected chi connectivity index (χ2v) is 8.57. The molecule has 134 valence electrons. The van der Waals surface area contributed by atoms with Crippen molar-refractivity contribution >= 4 is 28.6 Å². The molecule has 4 rings (SSSR count). The Bertz CT molecular complexity index is 874. The predicted octanol–water partition coefficient (Wildman–Crippen LogP) is 3.89. The predicted molar refractivity (Wildman–Crippen MR) is 108 cm³/mol. The standard InChI is InChI=1S/C20H21N3OS2/c21-12-14-8-9-23(13-14)18(24)11-17-19(16-7-4-10-25-16)22-20(26-17)15-5-2-1-3-6-15/h1-7,10,14H,8-9,11-13,21H2. The maximum Gasteiger partial charge on any atom is 0.227 e. The highest BCUT2D eigenvalue weighted by atomic mass is 32.1. The fourth-order valence-electron chi connectivity index (χ4n) is 3.28. The van der Waals surface area contributed by atoms with Gasteiger partial charge in [-0.15, -0.1) is 22.7 Å². The highest BCUT2D eigenvalue weighted by molar-refractivity contribution is 7.17. The van der Waals surface area contributed by atoms with Crippen molar-refractivity contribution in [1.29, 1.82) is 0 Å². The summed E-state index contributed by atoms with van der Waals surface area (Å²) in [5.74, 6) is 0.624. The van der Waals surface area contributed by atoms with Gasteiger partial charge in [0, 0.05) is 23.5 Å². The van der Waals surface area contributed by atoms with E-state index in [9.17, 15) is 4.79 Å². The maximum absolute atomic E-state index is 12.8. The maximum atomic E-state index is 12.8. The Balaban J connectivity index is 1.62. The summed E-state index contributed by atoms with van der Waals surface area (Å²) in [5, 5.41) is 3.02. The molecule has 1 aliphatic heterocycles. The molecule has 3 aromatic rings. The van der Waals surface area contributed by atoms with E-state index >= 15 is 0 Å². The number of hydrogen-bond acceptors (Lipinski definition) is 5. The Labute approximate surface area is 161 Å². The first-order valence-electron chi connectivity index (χ1n) is 8.81. The number of thiazole rings is 1. The number of benzene rings is 1. The monoisotopic (exact) mass is 383 g/mol. The van der Waals surface area contributed by atoms with E-state index in [1.807, 2.05) is 29.2 Å². The van der Waals surface area contributed by atoms with Gasteiger partial charge in [0.05, 0.1) is 17.0 Å². The lowest BCUT2D eigenvalue weighted by Crippen LogP contribution is -2.31. The van der Waals surface area contributed by atoms with Crippen LogP contribution < -0.4 is 5.73 Å². The van der Waals surface area contributed by atoms with Crippen LogP contribution >= 0.6 is 22.7 Å². The first-order chi connectivity index (χ1) is 12.7. The van der Waals surface area contributed by atoms with Crippen molar-refractivity contribution in [2.75, 3.05) is 19.6 Å². The molecule has 0 spiro atoms. The minimum absolute atomic E-state index is 0.182. The Morgan fingerprint density at radius 1 is 1.23 bits per heavy atom. The summed E-state index contributed by atoms with van der Waals surface area (Å²) in [5.41, 5.74) is 7.81. The van der Waals surface area contributed by atoms with Crippen molar-refractivity contribution in [3.8, 4) is 21.1 Å². The van der Waals surface area contributed by atoms with Crippen LogP contribution in [0, 0.1) is 5.92 Å². The Hall–Kier alpha value is -2.02. The van der Waals surface area contributed by atoms with Gasteiger partial charge in [0.2, 0.25) is 5.91 Å². The molecule has 6 heteroatoms. The summed E-state index contributed by atoms with van der Waals surface area (Å²) in [6.45, 7) is 2.26. The third-order valence-corrected chi connectivity index (χ3v) is 6.74. The largest absolute Gasteiger partial charge is 0.342 e. The number of thiophene rings is 1. The topological polar surface area (TPSA) is 59.2 Å². The minimum atomic E-state index is 0.182. The van der Waals surface area contributed by atoms with Crippen molar-refractivity contribution < 1.29 is 4.79 Å². The normalized spacial score (nSPS) is 17.0. The van der Waals surface area contributed by atoms with Crippen molar-refractivity contribution in [3.05, 3.63) is 52.7 Å². The number of aromatic nitrogens is 1. The first kappa shape index (κ1) is 17.4. The molecule has 0 bridgehead atoms. The number of carbonyl (C=O) groups is 1. The molecule has 0 radical (unpaired) electrons. The average Bonchev–Trinajstić information content (AvgIpc) is 3.42. The highest BCUT2D eigenvalue weighted by Crippen LogP contribution is 2.36. The molecule has 1 saturated heterocycles. The smallest absolute Gasteiger partial charge is 0.227 e. The molecule has 1 aliphatic rings. The SMILES string of the molecule is NCC1CCN(C(=O)Cc2sc(-c3ccccc3)nc2-c2cccs2)C1. The molecular formula is C20H21N3OS2. The van der Waals surface area contributed by atoms with Crippen LogP contribution in [0.2, 0.25) is 0 Å². The number of amides is 1. The zero-order chi connectivity index (χ0) is 17.9. The van der Waals surface area contributed by atoms with Crippen LogP contribution in [-0.4, -0.2) is 35.4 Å². The molecule has 4 nitrogen and oxygen atoms in total. The highest BCUT2D eigenvalue weighted by Gasteiger charge is 2.27. The molecule has 0 aliphatic carbocycles. The molecule has 1 aromatic carbocycles. The van der Waals surface area contributed by atoms with E-state index in [1.165, 1.54) is 0 Å². The van der Waals surface area contributed by atoms with E-state index in [4.69, 9.17) is 10.7 Å². The van der Waals surface area contributed by atoms with Crippen LogP contribution in [0.25, 0.3) is 21.1 Å². The van der Waals surface area contributed by atoms with Gasteiger partial charge < -0.3 is 10.6 Å². The zero-order valence-corrected chi connectivity index (χ0v) is 16.1. The van der Waals surface area contributed by atoms with Crippen LogP contribution in [0.1, 0.15) is 11.3 Å². The van der Waals surface area contributed by atoms with Crippen molar-refractivity contribution in [1.82, 2.24) is 9.88 Å². The van der Waals surface area contributed by atoms with E-state index in [0.717, 1.165) is 45.5 Å². The van der Waals surface area contributed by atoms with Crippen LogP contribution in [0.5, 0.6) is 0 Å². The summed E-state index contributed by atoms with van der Waals surface area (Å²) in [4.78, 5) is 21.8. The van der Waals surface area contributed by atoms with Gasteiger partial charge in [-0.2, -0.15) is 0 Å². The average molecular weight is 384 g/mol. The third kappa shape index (κ3) is 3.58. The van der Waals surface area contributed by atoms with Gasteiger partial charge in [0.1, 0.15) is 5.01 Å². The van der Waals surface area contributed by atoms with Crippen LogP contribution in [0.4, 0.5) is 0 Å². The second kappa shape index (κ2) is 7.70. The van der Waals surface area contributed by atoms with E-state index < -0.39 is 0 Å².